The Balaban J connectivity index is 2.15. The lowest BCUT2D eigenvalue weighted by molar-refractivity contribution is -0.114. The second-order valence-electron chi connectivity index (χ2n) is 3.47. The van der Waals surface area contributed by atoms with Crippen molar-refractivity contribution in [2.24, 2.45) is 0 Å². The summed E-state index contributed by atoms with van der Waals surface area (Å²) in [5, 5.41) is 7.15. The molecule has 0 aliphatic rings. The highest BCUT2D eigenvalue weighted by molar-refractivity contribution is 7.99. The Bertz CT molecular complexity index is 541. The Morgan fingerprint density at radius 1 is 1.53 bits per heavy atom. The summed E-state index contributed by atoms with van der Waals surface area (Å²) < 4.78 is 13.0. The van der Waals surface area contributed by atoms with Gasteiger partial charge in [0.15, 0.2) is 5.82 Å². The molecule has 17 heavy (non-hydrogen) atoms. The van der Waals surface area contributed by atoms with Crippen LogP contribution in [0.2, 0.25) is 0 Å². The molecule has 0 aliphatic heterocycles. The first kappa shape index (κ1) is 11.8. The molecule has 1 heterocycles. The summed E-state index contributed by atoms with van der Waals surface area (Å²) in [5.74, 6) is 0.569. The molecule has 4 nitrogen and oxygen atoms in total. The number of benzene rings is 1. The Kier molecular flexibility index (Phi) is 3.53. The molecule has 6 heteroatoms. The van der Waals surface area contributed by atoms with E-state index in [4.69, 9.17) is 0 Å². The number of ketones is 1. The van der Waals surface area contributed by atoms with Crippen molar-refractivity contribution in [1.82, 2.24) is 15.2 Å². The third-order valence-electron chi connectivity index (χ3n) is 1.97. The van der Waals surface area contributed by atoms with Crippen molar-refractivity contribution in [1.29, 1.82) is 0 Å². The van der Waals surface area contributed by atoms with Crippen molar-refractivity contribution in [2.45, 2.75) is 12.1 Å². The molecule has 2 aromatic rings. The quantitative estimate of drug-likeness (QED) is 0.847. The van der Waals surface area contributed by atoms with Gasteiger partial charge in [-0.2, -0.15) is 0 Å². The van der Waals surface area contributed by atoms with Crippen LogP contribution in [0.25, 0.3) is 11.4 Å². The first-order valence-corrected chi connectivity index (χ1v) is 5.94. The molecule has 0 aliphatic carbocycles. The van der Waals surface area contributed by atoms with Gasteiger partial charge >= 0.3 is 0 Å². The van der Waals surface area contributed by atoms with Gasteiger partial charge in [-0.1, -0.05) is 23.9 Å². The highest BCUT2D eigenvalue weighted by Crippen LogP contribution is 2.19. The minimum Gasteiger partial charge on any atom is -0.299 e. The van der Waals surface area contributed by atoms with Gasteiger partial charge < -0.3 is 0 Å². The van der Waals surface area contributed by atoms with Gasteiger partial charge in [0, 0.05) is 5.56 Å². The van der Waals surface area contributed by atoms with E-state index in [1.807, 2.05) is 0 Å². The molecule has 0 saturated heterocycles. The molecule has 0 unspecified atom stereocenters. The van der Waals surface area contributed by atoms with Crippen molar-refractivity contribution < 1.29 is 9.18 Å². The van der Waals surface area contributed by atoms with Gasteiger partial charge in [-0.15, -0.1) is 5.10 Å². The Hall–Kier alpha value is -1.69. The van der Waals surface area contributed by atoms with E-state index in [9.17, 15) is 9.18 Å². The van der Waals surface area contributed by atoms with Gasteiger partial charge in [0.2, 0.25) is 5.16 Å². The van der Waals surface area contributed by atoms with E-state index < -0.39 is 0 Å². The van der Waals surface area contributed by atoms with Gasteiger partial charge in [0.05, 0.1) is 5.75 Å². The average molecular weight is 251 g/mol. The number of nitrogens with one attached hydrogen (secondary N) is 1. The number of H-pyrrole nitrogens is 1. The fourth-order valence-corrected chi connectivity index (χ4v) is 1.84. The Morgan fingerprint density at radius 3 is 3.06 bits per heavy atom. The fraction of sp³-hybridized carbons (Fsp3) is 0.182. The molecule has 0 fully saturated rings. The lowest BCUT2D eigenvalue weighted by Gasteiger charge is -1.94. The summed E-state index contributed by atoms with van der Waals surface area (Å²) in [7, 11) is 0. The van der Waals surface area contributed by atoms with Crippen LogP contribution in [-0.4, -0.2) is 26.7 Å². The van der Waals surface area contributed by atoms with Crippen LogP contribution in [0.5, 0.6) is 0 Å². The van der Waals surface area contributed by atoms with Crippen molar-refractivity contribution in [3.63, 3.8) is 0 Å². The first-order chi connectivity index (χ1) is 8.15. The van der Waals surface area contributed by atoms with Crippen LogP contribution in [0.1, 0.15) is 6.92 Å². The number of thioether (sulfide) groups is 1. The van der Waals surface area contributed by atoms with E-state index in [0.717, 1.165) is 0 Å². The monoisotopic (exact) mass is 251 g/mol. The number of carbonyl (C=O) groups is 1. The maximum Gasteiger partial charge on any atom is 0.209 e. The fourth-order valence-electron chi connectivity index (χ4n) is 1.24. The highest BCUT2D eigenvalue weighted by atomic mass is 32.2. The van der Waals surface area contributed by atoms with E-state index in [0.29, 0.717) is 22.3 Å². The van der Waals surface area contributed by atoms with Crippen LogP contribution in [0.3, 0.4) is 0 Å². The van der Waals surface area contributed by atoms with Crippen molar-refractivity contribution in [3.8, 4) is 11.4 Å². The number of halogens is 1. The van der Waals surface area contributed by atoms with Crippen LogP contribution in [0, 0.1) is 5.82 Å². The zero-order valence-corrected chi connectivity index (χ0v) is 9.92. The van der Waals surface area contributed by atoms with Crippen molar-refractivity contribution >= 4 is 17.5 Å². The lowest BCUT2D eigenvalue weighted by Crippen LogP contribution is -1.93. The maximum atomic E-state index is 13.0. The minimum atomic E-state index is -0.322. The predicted molar refractivity (Wildman–Crippen MR) is 63.2 cm³/mol. The second-order valence-corrected chi connectivity index (χ2v) is 4.41. The van der Waals surface area contributed by atoms with Gasteiger partial charge in [0.25, 0.3) is 0 Å². The van der Waals surface area contributed by atoms with Crippen LogP contribution in [0.4, 0.5) is 4.39 Å². The SMILES string of the molecule is CC(=O)CSc1n[nH]c(-c2cccc(F)c2)n1. The van der Waals surface area contributed by atoms with E-state index in [1.54, 1.807) is 12.1 Å². The highest BCUT2D eigenvalue weighted by Gasteiger charge is 2.07. The summed E-state index contributed by atoms with van der Waals surface area (Å²) in [4.78, 5) is 15.0. The second kappa shape index (κ2) is 5.09. The van der Waals surface area contributed by atoms with Gasteiger partial charge in [-0.3, -0.25) is 9.89 Å². The predicted octanol–water partition coefficient (Wildman–Crippen LogP) is 2.29. The number of carbonyl (C=O) groups excluding carboxylic acids is 1. The van der Waals surface area contributed by atoms with E-state index >= 15 is 0 Å². The number of rotatable bonds is 4. The molecular formula is C11H10FN3OS. The Labute approximate surface area is 102 Å². The van der Waals surface area contributed by atoms with E-state index in [-0.39, 0.29) is 11.6 Å². The number of nitrogens with zero attached hydrogens (tertiary/aromatic N) is 2. The lowest BCUT2D eigenvalue weighted by atomic mass is 10.2. The number of hydrogen-bond acceptors (Lipinski definition) is 4. The topological polar surface area (TPSA) is 58.6 Å². The summed E-state index contributed by atoms with van der Waals surface area (Å²) in [6.45, 7) is 1.51. The number of aromatic amines is 1. The summed E-state index contributed by atoms with van der Waals surface area (Å²) in [6, 6.07) is 6.09. The molecule has 0 radical (unpaired) electrons. The third-order valence-corrected chi connectivity index (χ3v) is 2.96. The maximum absolute atomic E-state index is 13.0. The number of Topliss-reactive ketones (excluding diaryl/α,β-unsaturated/α-hetero) is 1. The molecule has 0 amide bonds. The van der Waals surface area contributed by atoms with Crippen LogP contribution >= 0.6 is 11.8 Å². The zero-order valence-electron chi connectivity index (χ0n) is 9.11. The van der Waals surface area contributed by atoms with E-state index in [2.05, 4.69) is 15.2 Å². The van der Waals surface area contributed by atoms with Crippen molar-refractivity contribution in [2.75, 3.05) is 5.75 Å². The third kappa shape index (κ3) is 3.13. The molecule has 2 rings (SSSR count). The molecule has 1 aromatic heterocycles. The smallest absolute Gasteiger partial charge is 0.209 e. The molecule has 0 saturated carbocycles. The molecule has 0 spiro atoms. The van der Waals surface area contributed by atoms with Crippen LogP contribution in [0.15, 0.2) is 29.4 Å². The molecule has 1 N–H and O–H groups in total. The average Bonchev–Trinajstić information content (AvgIpc) is 2.75. The largest absolute Gasteiger partial charge is 0.299 e. The van der Waals surface area contributed by atoms with Crippen molar-refractivity contribution in [3.05, 3.63) is 30.1 Å². The molecule has 88 valence electrons. The van der Waals surface area contributed by atoms with E-state index in [1.165, 1.54) is 30.8 Å². The number of hydrogen-bond donors (Lipinski definition) is 1. The van der Waals surface area contributed by atoms with Crippen LogP contribution in [-0.2, 0) is 4.79 Å². The minimum absolute atomic E-state index is 0.0621. The zero-order chi connectivity index (χ0) is 12.3. The van der Waals surface area contributed by atoms with Crippen LogP contribution < -0.4 is 0 Å². The standard InChI is InChI=1S/C11H10FN3OS/c1-7(16)6-17-11-13-10(14-15-11)8-3-2-4-9(12)5-8/h2-5H,6H2,1H3,(H,13,14,15). The van der Waals surface area contributed by atoms with Gasteiger partial charge in [-0.05, 0) is 19.1 Å². The van der Waals surface area contributed by atoms with Gasteiger partial charge in [0.1, 0.15) is 11.6 Å². The molecule has 1 aromatic carbocycles. The summed E-state index contributed by atoms with van der Waals surface area (Å²) >= 11 is 1.25. The normalized spacial score (nSPS) is 10.5. The first-order valence-electron chi connectivity index (χ1n) is 4.96. The molecule has 0 atom stereocenters. The molecule has 0 bridgehead atoms. The Morgan fingerprint density at radius 2 is 2.35 bits per heavy atom. The summed E-state index contributed by atoms with van der Waals surface area (Å²) in [5.41, 5.74) is 0.632. The molecular weight excluding hydrogens is 241 g/mol. The van der Waals surface area contributed by atoms with Gasteiger partial charge in [-0.25, -0.2) is 9.37 Å². The number of aromatic nitrogens is 3. The summed E-state index contributed by atoms with van der Waals surface area (Å²) in [6.07, 6.45) is 0.